The number of nitrogens with zero attached hydrogens (tertiary/aromatic N) is 5. The molecule has 3 amide bonds. The van der Waals surface area contributed by atoms with Gasteiger partial charge in [0.15, 0.2) is 0 Å². The molecule has 3 fully saturated rings. The molecule has 3 aliphatic heterocycles. The number of likely N-dealkylation sites (tertiary alicyclic amines) is 1. The number of methoxy groups -OCH3 is 1. The quantitative estimate of drug-likeness (QED) is 0.167. The van der Waals surface area contributed by atoms with Crippen molar-refractivity contribution >= 4 is 34.6 Å². The number of pyridine rings is 1. The average molecular weight is 874 g/mol. The van der Waals surface area contributed by atoms with Crippen molar-refractivity contribution in [1.82, 2.24) is 35.1 Å². The first kappa shape index (κ1) is 45.5. The molecule has 1 saturated carbocycles. The van der Waals surface area contributed by atoms with E-state index in [4.69, 9.17) is 14.5 Å². The number of amides is 3. The van der Waals surface area contributed by atoms with Crippen molar-refractivity contribution in [3.8, 4) is 22.4 Å². The minimum Gasteiger partial charge on any atom is -0.464 e. The van der Waals surface area contributed by atoms with Crippen molar-refractivity contribution in [2.24, 2.45) is 17.3 Å². The summed E-state index contributed by atoms with van der Waals surface area (Å²) in [7, 11) is 3.42. The number of aromatic nitrogens is 2. The van der Waals surface area contributed by atoms with Gasteiger partial charge in [0, 0.05) is 74.3 Å². The SMILES string of the molecule is CCn1c(-c2cccnc2[C@H](C)OC)c2c3cc(ccc31)-c1cccc(c1)C[C@H](NC(=O)[C@H](C(C)C)N(C)C(=O)[C@H]1CCN(C3CC3)C1)C(=O)N1CCC[C@H](N1)C(=O)OCC(C)(C)C2. The first-order valence-corrected chi connectivity index (χ1v) is 23.5. The van der Waals surface area contributed by atoms with Crippen LogP contribution in [0.15, 0.2) is 60.8 Å². The Kier molecular flexibility index (Phi) is 13.3. The van der Waals surface area contributed by atoms with Crippen LogP contribution in [0.5, 0.6) is 0 Å². The average Bonchev–Trinajstić information content (AvgIpc) is 3.95. The molecule has 5 heterocycles. The van der Waals surface area contributed by atoms with Crippen LogP contribution in [0, 0.1) is 17.3 Å². The van der Waals surface area contributed by atoms with Crippen LogP contribution >= 0.6 is 0 Å². The van der Waals surface area contributed by atoms with Gasteiger partial charge < -0.3 is 24.3 Å². The Morgan fingerprint density at radius 2 is 1.80 bits per heavy atom. The molecule has 2 aromatic heterocycles. The Bertz CT molecular complexity index is 2390. The third-order valence-electron chi connectivity index (χ3n) is 13.9. The molecule has 4 aromatic rings. The third kappa shape index (κ3) is 9.35. The fourth-order valence-electron chi connectivity index (χ4n) is 10.4. The molecule has 64 heavy (non-hydrogen) atoms. The van der Waals surface area contributed by atoms with Gasteiger partial charge in [-0.1, -0.05) is 58.0 Å². The van der Waals surface area contributed by atoms with Crippen LogP contribution in [0.4, 0.5) is 0 Å². The van der Waals surface area contributed by atoms with Crippen molar-refractivity contribution in [2.75, 3.05) is 40.4 Å². The van der Waals surface area contributed by atoms with Gasteiger partial charge in [-0.2, -0.15) is 0 Å². The second kappa shape index (κ2) is 18.8. The van der Waals surface area contributed by atoms with E-state index in [0.717, 1.165) is 76.2 Å². The summed E-state index contributed by atoms with van der Waals surface area (Å²) in [5.74, 6) is -1.54. The number of hydrazine groups is 1. The number of rotatable bonds is 10. The Morgan fingerprint density at radius 1 is 1.02 bits per heavy atom. The van der Waals surface area contributed by atoms with E-state index in [1.165, 1.54) is 17.9 Å². The molecular weight excluding hydrogens is 807 g/mol. The highest BCUT2D eigenvalue weighted by Gasteiger charge is 2.42. The van der Waals surface area contributed by atoms with Gasteiger partial charge in [0.1, 0.15) is 18.1 Å². The van der Waals surface area contributed by atoms with Gasteiger partial charge in [-0.25, -0.2) is 5.43 Å². The monoisotopic (exact) mass is 874 g/mol. The summed E-state index contributed by atoms with van der Waals surface area (Å²) in [5.41, 5.74) is 10.7. The number of carbonyl (C=O) groups excluding carboxylic acids is 4. The predicted molar refractivity (Wildman–Crippen MR) is 248 cm³/mol. The van der Waals surface area contributed by atoms with E-state index >= 15 is 0 Å². The van der Waals surface area contributed by atoms with Crippen molar-refractivity contribution in [3.63, 3.8) is 0 Å². The van der Waals surface area contributed by atoms with Crippen molar-refractivity contribution in [1.29, 1.82) is 0 Å². The lowest BCUT2D eigenvalue weighted by atomic mass is 9.84. The van der Waals surface area contributed by atoms with E-state index in [2.05, 4.69) is 77.4 Å². The molecule has 0 spiro atoms. The maximum absolute atomic E-state index is 14.7. The molecule has 4 aliphatic rings. The Hall–Kier alpha value is -5.11. The minimum absolute atomic E-state index is 0.0325. The van der Waals surface area contributed by atoms with Crippen LogP contribution in [0.2, 0.25) is 0 Å². The Balaban J connectivity index is 1.18. The summed E-state index contributed by atoms with van der Waals surface area (Å²) in [6, 6.07) is 16.9. The summed E-state index contributed by atoms with van der Waals surface area (Å²) < 4.78 is 14.3. The number of benzene rings is 2. The molecule has 8 rings (SSSR count). The van der Waals surface area contributed by atoms with Crippen LogP contribution in [-0.4, -0.2) is 113 Å². The molecule has 342 valence electrons. The van der Waals surface area contributed by atoms with E-state index in [1.54, 1.807) is 19.1 Å². The summed E-state index contributed by atoms with van der Waals surface area (Å²) in [5, 5.41) is 5.71. The number of hydrogen-bond donors (Lipinski definition) is 2. The zero-order valence-corrected chi connectivity index (χ0v) is 39.0. The molecule has 1 aliphatic carbocycles. The van der Waals surface area contributed by atoms with Crippen LogP contribution < -0.4 is 10.7 Å². The smallest absolute Gasteiger partial charge is 0.324 e. The number of fused-ring (bicyclic) bond motifs is 6. The third-order valence-corrected chi connectivity index (χ3v) is 13.9. The number of carbonyl (C=O) groups is 4. The van der Waals surface area contributed by atoms with Crippen LogP contribution in [0.25, 0.3) is 33.3 Å². The molecule has 0 radical (unpaired) electrons. The number of ether oxygens (including phenoxy) is 2. The molecule has 2 aromatic carbocycles. The van der Waals surface area contributed by atoms with Gasteiger partial charge in [-0.15, -0.1) is 0 Å². The Morgan fingerprint density at radius 3 is 2.53 bits per heavy atom. The maximum Gasteiger partial charge on any atom is 0.324 e. The molecule has 13 nitrogen and oxygen atoms in total. The molecular formula is C51H67N7O6. The van der Waals surface area contributed by atoms with Gasteiger partial charge in [0.05, 0.1) is 30.0 Å². The first-order valence-electron chi connectivity index (χ1n) is 23.5. The zero-order chi connectivity index (χ0) is 45.4. The van der Waals surface area contributed by atoms with Gasteiger partial charge >= 0.3 is 5.97 Å². The van der Waals surface area contributed by atoms with Crippen molar-refractivity contribution in [2.45, 2.75) is 123 Å². The summed E-state index contributed by atoms with van der Waals surface area (Å²) in [6.45, 7) is 15.2. The standard InChI is InChI=1S/C51H67N7O6/c1-9-57-43-20-17-35-27-39(43)40(46(57)38-15-11-22-52-44(38)32(4)63-8)28-51(5,6)30-64-50(62)41-16-12-23-58(54-41)49(61)42(26-33-13-10-14-34(35)25-33)53-47(59)45(31(2)3)55(7)48(60)36-21-24-56(29-36)37-18-19-37/h10-11,13-15,17,20,22,25,27,31-32,36-37,41-42,45,54H,9,12,16,18-19,21,23-24,26,28-30H2,1-8H3,(H,53,59)/t32-,36-,41-,42-,45-/m0/s1. The van der Waals surface area contributed by atoms with Crippen LogP contribution in [0.3, 0.4) is 0 Å². The number of cyclic esters (lactones) is 1. The molecule has 5 atom stereocenters. The lowest BCUT2D eigenvalue weighted by molar-refractivity contribution is -0.155. The van der Waals surface area contributed by atoms with E-state index in [0.29, 0.717) is 31.8 Å². The number of aryl methyl sites for hydroxylation is 1. The second-order valence-corrected chi connectivity index (χ2v) is 19.7. The highest BCUT2D eigenvalue weighted by atomic mass is 16.5. The molecule has 13 heteroatoms. The van der Waals surface area contributed by atoms with E-state index < -0.39 is 29.5 Å². The number of hydrogen-bond acceptors (Lipinski definition) is 9. The maximum atomic E-state index is 14.7. The fraction of sp³-hybridized carbons (Fsp3) is 0.549. The molecule has 2 N–H and O–H groups in total. The predicted octanol–water partition coefficient (Wildman–Crippen LogP) is 6.71. The highest BCUT2D eigenvalue weighted by molar-refractivity contribution is 5.96. The molecule has 6 bridgehead atoms. The molecule has 0 unspecified atom stereocenters. The second-order valence-electron chi connectivity index (χ2n) is 19.7. The van der Waals surface area contributed by atoms with E-state index in [9.17, 15) is 19.2 Å². The van der Waals surface area contributed by atoms with Gasteiger partial charge in [-0.05, 0) is 111 Å². The lowest BCUT2D eigenvalue weighted by Crippen LogP contribution is -2.62. The lowest BCUT2D eigenvalue weighted by Gasteiger charge is -2.37. The molecule has 2 saturated heterocycles. The van der Waals surface area contributed by atoms with Crippen molar-refractivity contribution in [3.05, 3.63) is 77.6 Å². The minimum atomic E-state index is -0.983. The summed E-state index contributed by atoms with van der Waals surface area (Å²) >= 11 is 0. The summed E-state index contributed by atoms with van der Waals surface area (Å²) in [6.07, 6.45) is 6.61. The summed E-state index contributed by atoms with van der Waals surface area (Å²) in [4.78, 5) is 65.9. The van der Waals surface area contributed by atoms with E-state index in [1.807, 2.05) is 45.2 Å². The zero-order valence-electron chi connectivity index (χ0n) is 39.0. The normalized spacial score (nSPS) is 22.8. The van der Waals surface area contributed by atoms with Gasteiger partial charge in [0.2, 0.25) is 11.8 Å². The van der Waals surface area contributed by atoms with E-state index in [-0.39, 0.29) is 48.7 Å². The largest absolute Gasteiger partial charge is 0.464 e. The van der Waals surface area contributed by atoms with Crippen LogP contribution in [-0.2, 0) is 48.0 Å². The topological polar surface area (TPSA) is 138 Å². The van der Waals surface area contributed by atoms with Crippen molar-refractivity contribution < 1.29 is 28.7 Å². The number of nitrogens with one attached hydrogen (secondary N) is 2. The fourth-order valence-corrected chi connectivity index (χ4v) is 10.4. The first-order chi connectivity index (χ1) is 30.7. The number of likely N-dealkylation sites (N-methyl/N-ethyl adjacent to an activating group) is 1. The van der Waals surface area contributed by atoms with Crippen LogP contribution in [0.1, 0.15) is 96.6 Å². The van der Waals surface area contributed by atoms with Gasteiger partial charge in [0.25, 0.3) is 5.91 Å². The number of esters is 1. The Labute approximate surface area is 378 Å². The highest BCUT2D eigenvalue weighted by Crippen LogP contribution is 2.42. The van der Waals surface area contributed by atoms with Gasteiger partial charge in [-0.3, -0.25) is 34.1 Å².